The van der Waals surface area contributed by atoms with E-state index in [2.05, 4.69) is 6.08 Å². The van der Waals surface area contributed by atoms with Gasteiger partial charge in [0.05, 0.1) is 23.6 Å². The van der Waals surface area contributed by atoms with E-state index in [9.17, 15) is 4.79 Å². The van der Waals surface area contributed by atoms with Gasteiger partial charge in [-0.25, -0.2) is 14.4 Å². The van der Waals surface area contributed by atoms with E-state index in [-0.39, 0.29) is 5.97 Å². The second-order valence-corrected chi connectivity index (χ2v) is 6.93. The highest BCUT2D eigenvalue weighted by molar-refractivity contribution is 6.04. The third-order valence-corrected chi connectivity index (χ3v) is 4.95. The van der Waals surface area contributed by atoms with Crippen LogP contribution in [-0.2, 0) is 11.8 Å². The third kappa shape index (κ3) is 3.27. The van der Waals surface area contributed by atoms with Gasteiger partial charge in [0.25, 0.3) is 0 Å². The molecule has 0 saturated heterocycles. The number of esters is 1. The molecule has 0 unspecified atom stereocenters. The van der Waals surface area contributed by atoms with Gasteiger partial charge in [0.2, 0.25) is 5.88 Å². The maximum atomic E-state index is 12.7. The third-order valence-electron chi connectivity index (χ3n) is 4.95. The number of aromatic nitrogens is 1. The van der Waals surface area contributed by atoms with Gasteiger partial charge in [-0.15, -0.1) is 0 Å². The molecule has 1 aliphatic heterocycles. The topological polar surface area (TPSA) is 49.8 Å². The number of hydrazine groups is 1. The summed E-state index contributed by atoms with van der Waals surface area (Å²) in [5, 5.41) is 3.97. The van der Waals surface area contributed by atoms with Gasteiger partial charge in [0, 0.05) is 19.2 Å². The van der Waals surface area contributed by atoms with Gasteiger partial charge in [-0.05, 0) is 37.6 Å². The molecule has 2 aromatic heterocycles. The zero-order valence-corrected chi connectivity index (χ0v) is 17.0. The SMILES string of the molecule is CCOC(=O)c1c(C)oc2c1/C(=C/c1cc[n+](C)cc1)N(C)N2c1ccccc1. The second-order valence-electron chi connectivity index (χ2n) is 6.93. The quantitative estimate of drug-likeness (QED) is 0.496. The highest BCUT2D eigenvalue weighted by Gasteiger charge is 2.39. The number of anilines is 2. The Morgan fingerprint density at radius 1 is 1.17 bits per heavy atom. The zero-order chi connectivity index (χ0) is 20.5. The number of benzene rings is 1. The van der Waals surface area contributed by atoms with E-state index < -0.39 is 0 Å². The van der Waals surface area contributed by atoms with Crippen molar-refractivity contribution in [2.75, 3.05) is 18.7 Å². The fourth-order valence-corrected chi connectivity index (χ4v) is 3.56. The van der Waals surface area contributed by atoms with E-state index in [0.717, 1.165) is 22.5 Å². The van der Waals surface area contributed by atoms with Crippen molar-refractivity contribution in [1.29, 1.82) is 0 Å². The molecule has 0 fully saturated rings. The molecule has 6 heteroatoms. The summed E-state index contributed by atoms with van der Waals surface area (Å²) in [6.45, 7) is 3.91. The second kappa shape index (κ2) is 7.47. The number of rotatable bonds is 4. The van der Waals surface area contributed by atoms with Crippen LogP contribution in [0, 0.1) is 6.92 Å². The van der Waals surface area contributed by atoms with E-state index in [4.69, 9.17) is 9.15 Å². The average Bonchev–Trinajstić information content (AvgIpc) is 3.17. The van der Waals surface area contributed by atoms with Gasteiger partial charge in [-0.2, -0.15) is 0 Å². The summed E-state index contributed by atoms with van der Waals surface area (Å²) < 4.78 is 13.4. The lowest BCUT2D eigenvalue weighted by molar-refractivity contribution is -0.671. The monoisotopic (exact) mass is 390 g/mol. The molecular weight excluding hydrogens is 366 g/mol. The van der Waals surface area contributed by atoms with Crippen LogP contribution >= 0.6 is 0 Å². The van der Waals surface area contributed by atoms with Crippen LogP contribution in [0.2, 0.25) is 0 Å². The minimum Gasteiger partial charge on any atom is -0.462 e. The van der Waals surface area contributed by atoms with Crippen LogP contribution in [0.1, 0.15) is 34.2 Å². The molecule has 0 spiro atoms. The lowest BCUT2D eigenvalue weighted by Crippen LogP contribution is -2.29. The number of carbonyl (C=O) groups excluding carboxylic acids is 1. The van der Waals surface area contributed by atoms with E-state index in [1.165, 1.54) is 0 Å². The highest BCUT2D eigenvalue weighted by Crippen LogP contribution is 2.48. The molecule has 148 valence electrons. The normalized spacial score (nSPS) is 14.4. The van der Waals surface area contributed by atoms with Crippen molar-refractivity contribution in [3.05, 3.63) is 77.3 Å². The van der Waals surface area contributed by atoms with Crippen LogP contribution in [-0.4, -0.2) is 24.6 Å². The Morgan fingerprint density at radius 2 is 1.86 bits per heavy atom. The Bertz CT molecular complexity index is 1070. The Morgan fingerprint density at radius 3 is 2.52 bits per heavy atom. The van der Waals surface area contributed by atoms with Gasteiger partial charge < -0.3 is 9.15 Å². The number of pyridine rings is 1. The smallest absolute Gasteiger partial charge is 0.342 e. The summed E-state index contributed by atoms with van der Waals surface area (Å²) in [6.07, 6.45) is 6.04. The summed E-state index contributed by atoms with van der Waals surface area (Å²) in [7, 11) is 3.94. The van der Waals surface area contributed by atoms with Gasteiger partial charge in [-0.1, -0.05) is 18.2 Å². The molecule has 0 saturated carbocycles. The first-order chi connectivity index (χ1) is 14.0. The Labute approximate surface area is 170 Å². The number of fused-ring (bicyclic) bond motifs is 1. The van der Waals surface area contributed by atoms with E-state index in [0.29, 0.717) is 23.8 Å². The number of hydrogen-bond donors (Lipinski definition) is 0. The van der Waals surface area contributed by atoms with E-state index in [1.807, 2.05) is 83.5 Å². The molecule has 0 amide bonds. The largest absolute Gasteiger partial charge is 0.462 e. The summed E-state index contributed by atoms with van der Waals surface area (Å²) in [6, 6.07) is 14.0. The maximum absolute atomic E-state index is 12.7. The number of ether oxygens (including phenoxy) is 1. The standard InChI is InChI=1S/C23H24N3O3/c1-5-28-23(27)20-16(2)29-22-21(20)19(15-17-11-13-24(3)14-12-17)25(4)26(22)18-9-7-6-8-10-18/h6-15H,5H2,1-4H3/q+1. The van der Waals surface area contributed by atoms with Crippen LogP contribution in [0.25, 0.3) is 11.8 Å². The molecule has 0 radical (unpaired) electrons. The summed E-state index contributed by atoms with van der Waals surface area (Å²) in [5.74, 6) is 0.795. The molecule has 4 rings (SSSR count). The molecule has 0 atom stereocenters. The van der Waals surface area contributed by atoms with Crippen molar-refractivity contribution < 1.29 is 18.5 Å². The maximum Gasteiger partial charge on any atom is 0.342 e. The number of carbonyl (C=O) groups is 1. The lowest BCUT2D eigenvalue weighted by atomic mass is 10.1. The van der Waals surface area contributed by atoms with Crippen molar-refractivity contribution in [3.63, 3.8) is 0 Å². The Balaban J connectivity index is 1.91. The number of hydrogen-bond acceptors (Lipinski definition) is 5. The fourth-order valence-electron chi connectivity index (χ4n) is 3.56. The zero-order valence-electron chi connectivity index (χ0n) is 17.0. The first kappa shape index (κ1) is 18.8. The molecular formula is C23H24N3O3+. The van der Waals surface area contributed by atoms with Crippen molar-refractivity contribution in [3.8, 4) is 0 Å². The Kier molecular flexibility index (Phi) is 4.84. The summed E-state index contributed by atoms with van der Waals surface area (Å²) in [4.78, 5) is 12.7. The predicted molar refractivity (Wildman–Crippen MR) is 111 cm³/mol. The van der Waals surface area contributed by atoms with Crippen LogP contribution in [0.4, 0.5) is 11.6 Å². The van der Waals surface area contributed by atoms with Crippen molar-refractivity contribution in [2.45, 2.75) is 13.8 Å². The summed E-state index contributed by atoms with van der Waals surface area (Å²) in [5.41, 5.74) is 4.07. The molecule has 29 heavy (non-hydrogen) atoms. The van der Waals surface area contributed by atoms with Crippen molar-refractivity contribution in [1.82, 2.24) is 5.01 Å². The van der Waals surface area contributed by atoms with Crippen molar-refractivity contribution in [2.24, 2.45) is 7.05 Å². The first-order valence-corrected chi connectivity index (χ1v) is 9.58. The number of nitrogens with zero attached hydrogens (tertiary/aromatic N) is 3. The molecule has 3 heterocycles. The molecule has 0 N–H and O–H groups in total. The van der Waals surface area contributed by atoms with Crippen LogP contribution < -0.4 is 9.58 Å². The van der Waals surface area contributed by atoms with Crippen molar-refractivity contribution >= 4 is 29.3 Å². The fraction of sp³-hybridized carbons (Fsp3) is 0.217. The van der Waals surface area contributed by atoms with Crippen LogP contribution in [0.15, 0.2) is 59.3 Å². The number of para-hydroxylation sites is 1. The van der Waals surface area contributed by atoms with Gasteiger partial charge in [0.15, 0.2) is 12.4 Å². The molecule has 3 aromatic rings. The van der Waals surface area contributed by atoms with Gasteiger partial charge >= 0.3 is 5.97 Å². The minimum atomic E-state index is -0.372. The molecule has 0 bridgehead atoms. The molecule has 6 nitrogen and oxygen atoms in total. The van der Waals surface area contributed by atoms with Crippen LogP contribution in [0.5, 0.6) is 0 Å². The van der Waals surface area contributed by atoms with E-state index >= 15 is 0 Å². The number of aryl methyl sites for hydroxylation is 2. The highest BCUT2D eigenvalue weighted by atomic mass is 16.5. The van der Waals surface area contributed by atoms with E-state index in [1.54, 1.807) is 13.8 Å². The minimum absolute atomic E-state index is 0.310. The first-order valence-electron chi connectivity index (χ1n) is 9.58. The molecule has 0 aliphatic carbocycles. The lowest BCUT2D eigenvalue weighted by Gasteiger charge is -2.28. The van der Waals surface area contributed by atoms with Crippen LogP contribution in [0.3, 0.4) is 0 Å². The molecule has 1 aliphatic rings. The number of furan rings is 1. The summed E-state index contributed by atoms with van der Waals surface area (Å²) >= 11 is 0. The van der Waals surface area contributed by atoms with Gasteiger partial charge in [-0.3, -0.25) is 5.01 Å². The average molecular weight is 390 g/mol. The van der Waals surface area contributed by atoms with Gasteiger partial charge in [0.1, 0.15) is 18.4 Å². The Hall–Kier alpha value is -3.54. The molecule has 1 aromatic carbocycles. The predicted octanol–water partition coefficient (Wildman–Crippen LogP) is 4.09.